The third kappa shape index (κ3) is 2.51. The number of carbonyl (C=O) groups is 1. The van der Waals surface area contributed by atoms with Gasteiger partial charge in [-0.15, -0.1) is 5.10 Å². The van der Waals surface area contributed by atoms with Crippen molar-refractivity contribution in [3.8, 4) is 0 Å². The number of aliphatic hydroxyl groups is 1. The third-order valence-electron chi connectivity index (χ3n) is 1.63. The number of carboxylic acid groups (broad SMARTS) is 1. The molecule has 1 aromatic rings. The molecule has 0 aliphatic heterocycles. The Balaban J connectivity index is 2.64. The Morgan fingerprint density at radius 2 is 2.46 bits per heavy atom. The lowest BCUT2D eigenvalue weighted by molar-refractivity contribution is 0.0690. The molecule has 0 bridgehead atoms. The second-order valence-corrected chi connectivity index (χ2v) is 2.69. The van der Waals surface area contributed by atoms with E-state index in [1.807, 2.05) is 6.92 Å². The summed E-state index contributed by atoms with van der Waals surface area (Å²) in [4.78, 5) is 10.4. The van der Waals surface area contributed by atoms with Crippen LogP contribution in [0, 0.1) is 0 Å². The molecule has 6 heteroatoms. The summed E-state index contributed by atoms with van der Waals surface area (Å²) in [6.07, 6.45) is 1.38. The van der Waals surface area contributed by atoms with Crippen molar-refractivity contribution in [2.45, 2.75) is 26.0 Å². The first-order valence-electron chi connectivity index (χ1n) is 3.95. The highest BCUT2D eigenvalue weighted by molar-refractivity contribution is 5.84. The molecule has 1 rings (SSSR count). The first-order valence-corrected chi connectivity index (χ1v) is 3.95. The van der Waals surface area contributed by atoms with Gasteiger partial charge in [-0.05, 0) is 6.42 Å². The van der Waals surface area contributed by atoms with Crippen molar-refractivity contribution in [1.82, 2.24) is 15.0 Å². The number of carboxylic acids is 1. The van der Waals surface area contributed by atoms with Crippen molar-refractivity contribution in [1.29, 1.82) is 0 Å². The number of nitrogens with zero attached hydrogens (tertiary/aromatic N) is 3. The molecule has 0 fully saturated rings. The van der Waals surface area contributed by atoms with E-state index < -0.39 is 12.1 Å². The van der Waals surface area contributed by atoms with E-state index >= 15 is 0 Å². The van der Waals surface area contributed by atoms with Crippen LogP contribution in [-0.2, 0) is 6.54 Å². The average molecular weight is 185 g/mol. The van der Waals surface area contributed by atoms with Gasteiger partial charge >= 0.3 is 5.97 Å². The van der Waals surface area contributed by atoms with Crippen molar-refractivity contribution < 1.29 is 15.0 Å². The number of aromatic carboxylic acids is 1. The van der Waals surface area contributed by atoms with Crippen molar-refractivity contribution in [2.75, 3.05) is 0 Å². The molecule has 0 aliphatic rings. The molecule has 0 spiro atoms. The molecule has 0 aliphatic carbocycles. The fourth-order valence-electron chi connectivity index (χ4n) is 0.831. The van der Waals surface area contributed by atoms with E-state index in [4.69, 9.17) is 5.11 Å². The fraction of sp³-hybridized carbons (Fsp3) is 0.571. The van der Waals surface area contributed by atoms with Crippen molar-refractivity contribution in [2.24, 2.45) is 0 Å². The van der Waals surface area contributed by atoms with Gasteiger partial charge in [-0.3, -0.25) is 0 Å². The number of hydrogen-bond donors (Lipinski definition) is 2. The molecule has 6 nitrogen and oxygen atoms in total. The largest absolute Gasteiger partial charge is 0.476 e. The van der Waals surface area contributed by atoms with E-state index in [2.05, 4.69) is 10.3 Å². The zero-order valence-electron chi connectivity index (χ0n) is 7.21. The van der Waals surface area contributed by atoms with Crippen LogP contribution in [0.5, 0.6) is 0 Å². The highest BCUT2D eigenvalue weighted by atomic mass is 16.4. The molecule has 1 aromatic heterocycles. The van der Waals surface area contributed by atoms with E-state index in [0.717, 1.165) is 0 Å². The standard InChI is InChI=1S/C7H11N3O3/c1-2-5(11)3-10-4-6(7(12)13)8-9-10/h4-5,11H,2-3H2,1H3,(H,12,13). The van der Waals surface area contributed by atoms with Crippen LogP contribution in [0.25, 0.3) is 0 Å². The molecule has 1 atom stereocenters. The zero-order valence-corrected chi connectivity index (χ0v) is 7.21. The minimum Gasteiger partial charge on any atom is -0.476 e. The van der Waals surface area contributed by atoms with Crippen LogP contribution < -0.4 is 0 Å². The number of aromatic nitrogens is 3. The molecule has 0 radical (unpaired) electrons. The second-order valence-electron chi connectivity index (χ2n) is 2.69. The molecule has 1 heterocycles. The Morgan fingerprint density at radius 3 is 2.92 bits per heavy atom. The zero-order chi connectivity index (χ0) is 9.84. The smallest absolute Gasteiger partial charge is 0.358 e. The Morgan fingerprint density at radius 1 is 1.77 bits per heavy atom. The summed E-state index contributed by atoms with van der Waals surface area (Å²) in [5, 5.41) is 24.7. The summed E-state index contributed by atoms with van der Waals surface area (Å²) in [7, 11) is 0. The van der Waals surface area contributed by atoms with Gasteiger partial charge in [0.2, 0.25) is 0 Å². The van der Waals surface area contributed by atoms with Crippen LogP contribution in [0.3, 0.4) is 0 Å². The Bertz CT molecular complexity index is 297. The molecule has 72 valence electrons. The van der Waals surface area contributed by atoms with Crippen LogP contribution in [0.1, 0.15) is 23.8 Å². The SMILES string of the molecule is CCC(O)Cn1cc(C(=O)O)nn1. The predicted octanol–water partition coefficient (Wildman–Crippen LogP) is -0.253. The van der Waals surface area contributed by atoms with Gasteiger partial charge in [-0.2, -0.15) is 0 Å². The van der Waals surface area contributed by atoms with E-state index in [-0.39, 0.29) is 12.2 Å². The summed E-state index contributed by atoms with van der Waals surface area (Å²) >= 11 is 0. The topological polar surface area (TPSA) is 88.2 Å². The van der Waals surface area contributed by atoms with Gasteiger partial charge in [0.15, 0.2) is 5.69 Å². The van der Waals surface area contributed by atoms with Crippen LogP contribution in [-0.4, -0.2) is 37.3 Å². The summed E-state index contributed by atoms with van der Waals surface area (Å²) in [5.41, 5.74) is -0.108. The lowest BCUT2D eigenvalue weighted by atomic mass is 10.3. The average Bonchev–Trinajstić information content (AvgIpc) is 2.52. The summed E-state index contributed by atoms with van der Waals surface area (Å²) in [6, 6.07) is 0. The van der Waals surface area contributed by atoms with Gasteiger partial charge in [0, 0.05) is 0 Å². The van der Waals surface area contributed by atoms with Gasteiger partial charge in [0.1, 0.15) is 0 Å². The van der Waals surface area contributed by atoms with Gasteiger partial charge in [0.05, 0.1) is 18.8 Å². The van der Waals surface area contributed by atoms with Gasteiger partial charge < -0.3 is 10.2 Å². The normalized spacial score (nSPS) is 12.8. The molecular weight excluding hydrogens is 174 g/mol. The molecule has 0 saturated carbocycles. The van der Waals surface area contributed by atoms with Crippen molar-refractivity contribution in [3.05, 3.63) is 11.9 Å². The maximum atomic E-state index is 10.4. The van der Waals surface area contributed by atoms with Gasteiger partial charge in [-0.1, -0.05) is 12.1 Å². The third-order valence-corrected chi connectivity index (χ3v) is 1.63. The van der Waals surface area contributed by atoms with Crippen molar-refractivity contribution in [3.63, 3.8) is 0 Å². The highest BCUT2D eigenvalue weighted by Gasteiger charge is 2.09. The minimum atomic E-state index is -1.11. The number of rotatable bonds is 4. The van der Waals surface area contributed by atoms with E-state index in [9.17, 15) is 9.90 Å². The maximum Gasteiger partial charge on any atom is 0.358 e. The summed E-state index contributed by atoms with van der Waals surface area (Å²) in [5.74, 6) is -1.11. The van der Waals surface area contributed by atoms with E-state index in [0.29, 0.717) is 6.42 Å². The molecule has 2 N–H and O–H groups in total. The highest BCUT2D eigenvalue weighted by Crippen LogP contribution is 1.97. The molecular formula is C7H11N3O3. The van der Waals surface area contributed by atoms with Gasteiger partial charge in [-0.25, -0.2) is 9.48 Å². The summed E-state index contributed by atoms with van der Waals surface area (Å²) < 4.78 is 1.32. The lowest BCUT2D eigenvalue weighted by Gasteiger charge is -2.05. The minimum absolute atomic E-state index is 0.108. The lowest BCUT2D eigenvalue weighted by Crippen LogP contribution is -2.15. The number of aliphatic hydroxyl groups excluding tert-OH is 1. The molecule has 0 saturated heterocycles. The number of hydrogen-bond acceptors (Lipinski definition) is 4. The van der Waals surface area contributed by atoms with Crippen LogP contribution in [0.4, 0.5) is 0 Å². The van der Waals surface area contributed by atoms with Crippen LogP contribution >= 0.6 is 0 Å². The molecule has 0 aromatic carbocycles. The predicted molar refractivity (Wildman–Crippen MR) is 43.3 cm³/mol. The molecule has 1 unspecified atom stereocenters. The summed E-state index contributed by atoms with van der Waals surface area (Å²) in [6.45, 7) is 2.11. The monoisotopic (exact) mass is 185 g/mol. The first-order chi connectivity index (χ1) is 6.13. The molecule has 13 heavy (non-hydrogen) atoms. The maximum absolute atomic E-state index is 10.4. The Labute approximate surface area is 74.8 Å². The van der Waals surface area contributed by atoms with E-state index in [1.165, 1.54) is 10.9 Å². The first kappa shape index (κ1) is 9.66. The Kier molecular flexibility index (Phi) is 2.97. The van der Waals surface area contributed by atoms with Crippen LogP contribution in [0.2, 0.25) is 0 Å². The second kappa shape index (κ2) is 3.99. The van der Waals surface area contributed by atoms with E-state index in [1.54, 1.807) is 0 Å². The van der Waals surface area contributed by atoms with Crippen LogP contribution in [0.15, 0.2) is 6.20 Å². The van der Waals surface area contributed by atoms with Crippen molar-refractivity contribution >= 4 is 5.97 Å². The quantitative estimate of drug-likeness (QED) is 0.675. The molecule has 0 amide bonds. The Hall–Kier alpha value is -1.43. The van der Waals surface area contributed by atoms with Gasteiger partial charge in [0.25, 0.3) is 0 Å². The fourth-order valence-corrected chi connectivity index (χ4v) is 0.831.